The van der Waals surface area contributed by atoms with Crippen LogP contribution in [0.15, 0.2) is 35.4 Å². The molecule has 0 spiro atoms. The number of benzene rings is 1. The first-order valence-electron chi connectivity index (χ1n) is 5.44. The molecule has 0 amide bonds. The minimum atomic E-state index is 0.232. The molecule has 0 radical (unpaired) electrons. The minimum Gasteiger partial charge on any atom is -0.284 e. The van der Waals surface area contributed by atoms with Gasteiger partial charge in [0.1, 0.15) is 5.94 Å². The molecule has 1 heterocycles. The van der Waals surface area contributed by atoms with Crippen LogP contribution in [0.2, 0.25) is 0 Å². The molecule has 0 bridgehead atoms. The van der Waals surface area contributed by atoms with Gasteiger partial charge in [0.25, 0.3) is 0 Å². The third-order valence-corrected chi connectivity index (χ3v) is 3.40. The predicted molar refractivity (Wildman–Crippen MR) is 72.1 cm³/mol. The lowest BCUT2D eigenvalue weighted by Gasteiger charge is -2.32. The van der Waals surface area contributed by atoms with Gasteiger partial charge in [-0.3, -0.25) is 5.01 Å². The molecule has 0 saturated heterocycles. The molecule has 0 saturated carbocycles. The summed E-state index contributed by atoms with van der Waals surface area (Å²) in [5.74, 6) is 2.76. The van der Waals surface area contributed by atoms with Crippen LogP contribution in [0.4, 0.5) is 0 Å². The smallest absolute Gasteiger partial charge is 0.121 e. The number of hydrogen-bond acceptors (Lipinski definition) is 4. The van der Waals surface area contributed by atoms with Crippen LogP contribution in [-0.4, -0.2) is 35.7 Å². The van der Waals surface area contributed by atoms with Crippen molar-refractivity contribution >= 4 is 23.9 Å². The lowest BCUT2D eigenvalue weighted by Crippen LogP contribution is -2.29. The molecule has 1 aromatic carbocycles. The molecule has 88 valence electrons. The van der Waals surface area contributed by atoms with E-state index < -0.39 is 0 Å². The Labute approximate surface area is 105 Å². The maximum atomic E-state index is 10.3. The molecule has 1 unspecified atom stereocenters. The second-order valence-electron chi connectivity index (χ2n) is 3.79. The van der Waals surface area contributed by atoms with Gasteiger partial charge in [-0.25, -0.2) is 4.79 Å². The first-order chi connectivity index (χ1) is 8.36. The van der Waals surface area contributed by atoms with Gasteiger partial charge in [0.2, 0.25) is 0 Å². The van der Waals surface area contributed by atoms with E-state index in [1.807, 2.05) is 23.4 Å². The third-order valence-electron chi connectivity index (χ3n) is 2.75. The molecule has 4 heteroatoms. The van der Waals surface area contributed by atoms with Crippen LogP contribution in [0.3, 0.4) is 0 Å². The van der Waals surface area contributed by atoms with Gasteiger partial charge in [-0.05, 0) is 17.4 Å². The van der Waals surface area contributed by atoms with Gasteiger partial charge in [0.15, 0.2) is 0 Å². The minimum absolute atomic E-state index is 0.232. The number of rotatable bonds is 4. The summed E-state index contributed by atoms with van der Waals surface area (Å²) in [6, 6.07) is 8.48. The van der Waals surface area contributed by atoms with E-state index in [9.17, 15) is 4.79 Å². The molecule has 1 aromatic rings. The number of hydrazone groups is 1. The summed E-state index contributed by atoms with van der Waals surface area (Å²) in [6.07, 6.45) is 5.40. The Kier molecular flexibility index (Phi) is 4.02. The van der Waals surface area contributed by atoms with Crippen molar-refractivity contribution in [3.8, 4) is 0 Å². The van der Waals surface area contributed by atoms with Crippen molar-refractivity contribution in [2.45, 2.75) is 6.04 Å². The fraction of sp³-hybridized carbons (Fsp3) is 0.308. The summed E-state index contributed by atoms with van der Waals surface area (Å²) >= 11 is 1.78. The summed E-state index contributed by atoms with van der Waals surface area (Å²) < 4.78 is 0. The van der Waals surface area contributed by atoms with Crippen LogP contribution in [0.5, 0.6) is 0 Å². The molecule has 17 heavy (non-hydrogen) atoms. The van der Waals surface area contributed by atoms with Gasteiger partial charge in [0.05, 0.1) is 18.8 Å². The average molecular weight is 246 g/mol. The number of thioether (sulfide) groups is 1. The van der Waals surface area contributed by atoms with E-state index in [2.05, 4.69) is 23.5 Å². The van der Waals surface area contributed by atoms with Crippen LogP contribution < -0.4 is 0 Å². The number of nitrogens with zero attached hydrogens (tertiary/aromatic N) is 2. The van der Waals surface area contributed by atoms with Crippen LogP contribution >= 0.6 is 11.8 Å². The van der Waals surface area contributed by atoms with E-state index in [1.165, 1.54) is 11.6 Å². The fourth-order valence-corrected chi connectivity index (χ4v) is 2.62. The van der Waals surface area contributed by atoms with Crippen molar-refractivity contribution in [2.75, 3.05) is 18.6 Å². The fourth-order valence-electron chi connectivity index (χ4n) is 1.95. The zero-order chi connectivity index (χ0) is 12.1. The summed E-state index contributed by atoms with van der Waals surface area (Å²) in [6.45, 7) is 0.513. The zero-order valence-corrected chi connectivity index (χ0v) is 10.5. The lowest BCUT2D eigenvalue weighted by atomic mass is 10.0. The van der Waals surface area contributed by atoms with Gasteiger partial charge in [-0.1, -0.05) is 24.3 Å². The van der Waals surface area contributed by atoms with Crippen molar-refractivity contribution in [2.24, 2.45) is 5.10 Å². The molecule has 0 aromatic heterocycles. The zero-order valence-electron chi connectivity index (χ0n) is 9.67. The molecule has 1 aliphatic rings. The highest BCUT2D eigenvalue weighted by Gasteiger charge is 2.23. The Morgan fingerprint density at radius 1 is 1.53 bits per heavy atom. The molecule has 0 N–H and O–H groups in total. The Bertz CT molecular complexity index is 466. The number of fused-ring (bicyclic) bond motifs is 1. The first-order valence-corrected chi connectivity index (χ1v) is 6.84. The number of carbonyl (C=O) groups excluding carboxylic acids is 1. The summed E-state index contributed by atoms with van der Waals surface area (Å²) in [7, 11) is 0. The van der Waals surface area contributed by atoms with Crippen LogP contribution in [0.25, 0.3) is 0 Å². The molecular formula is C13H14N2OS. The van der Waals surface area contributed by atoms with Crippen molar-refractivity contribution in [3.05, 3.63) is 41.5 Å². The van der Waals surface area contributed by atoms with E-state index in [0.717, 1.165) is 11.3 Å². The standard InChI is InChI=1S/C13H14N2OS/c1-17-10-13-12-6-3-2-5-11(12)9-14-15(13)7-4-8-16/h2-6,9,13H,7,10H2,1H3. The first kappa shape index (κ1) is 12.0. The SMILES string of the molecule is CSCC1c2ccccc2C=NN1CC=C=O. The van der Waals surface area contributed by atoms with Crippen LogP contribution in [0, 0.1) is 0 Å². The summed E-state index contributed by atoms with van der Waals surface area (Å²) in [5.41, 5.74) is 2.44. The van der Waals surface area contributed by atoms with Crippen molar-refractivity contribution < 1.29 is 4.79 Å². The van der Waals surface area contributed by atoms with Crippen molar-refractivity contribution in [3.63, 3.8) is 0 Å². The normalized spacial score (nSPS) is 17.5. The highest BCUT2D eigenvalue weighted by molar-refractivity contribution is 7.98. The molecule has 0 aliphatic carbocycles. The maximum absolute atomic E-state index is 10.3. The highest BCUT2D eigenvalue weighted by Crippen LogP contribution is 2.29. The molecular weight excluding hydrogens is 232 g/mol. The van der Waals surface area contributed by atoms with Crippen molar-refractivity contribution in [1.82, 2.24) is 5.01 Å². The quantitative estimate of drug-likeness (QED) is 0.763. The van der Waals surface area contributed by atoms with Crippen molar-refractivity contribution in [1.29, 1.82) is 0 Å². The van der Waals surface area contributed by atoms with Gasteiger partial charge < -0.3 is 0 Å². The van der Waals surface area contributed by atoms with Crippen LogP contribution in [-0.2, 0) is 4.79 Å². The van der Waals surface area contributed by atoms with E-state index in [4.69, 9.17) is 0 Å². The van der Waals surface area contributed by atoms with Gasteiger partial charge in [0, 0.05) is 11.8 Å². The molecule has 1 aliphatic heterocycles. The molecule has 3 nitrogen and oxygen atoms in total. The number of hydrogen-bond donors (Lipinski definition) is 0. The molecule has 0 fully saturated rings. The predicted octanol–water partition coefficient (Wildman–Crippen LogP) is 2.13. The van der Waals surface area contributed by atoms with Gasteiger partial charge in [-0.2, -0.15) is 16.9 Å². The van der Waals surface area contributed by atoms with E-state index >= 15 is 0 Å². The average Bonchev–Trinajstić information content (AvgIpc) is 2.38. The largest absolute Gasteiger partial charge is 0.284 e. The molecule has 1 atom stereocenters. The monoisotopic (exact) mass is 246 g/mol. The Hall–Kier alpha value is -1.51. The van der Waals surface area contributed by atoms with E-state index in [-0.39, 0.29) is 6.04 Å². The van der Waals surface area contributed by atoms with E-state index in [1.54, 1.807) is 17.7 Å². The summed E-state index contributed by atoms with van der Waals surface area (Å²) in [4.78, 5) is 10.3. The highest BCUT2D eigenvalue weighted by atomic mass is 32.2. The second-order valence-corrected chi connectivity index (χ2v) is 4.70. The lowest BCUT2D eigenvalue weighted by molar-refractivity contribution is 0.247. The topological polar surface area (TPSA) is 32.7 Å². The molecule has 2 rings (SSSR count). The van der Waals surface area contributed by atoms with Gasteiger partial charge >= 0.3 is 0 Å². The Morgan fingerprint density at radius 3 is 3.12 bits per heavy atom. The Balaban J connectivity index is 2.30. The summed E-state index contributed by atoms with van der Waals surface area (Å²) in [5, 5.41) is 6.33. The third kappa shape index (κ3) is 2.60. The Morgan fingerprint density at radius 2 is 2.35 bits per heavy atom. The second kappa shape index (κ2) is 5.71. The maximum Gasteiger partial charge on any atom is 0.121 e. The van der Waals surface area contributed by atoms with Gasteiger partial charge in [-0.15, -0.1) is 0 Å². The van der Waals surface area contributed by atoms with E-state index in [0.29, 0.717) is 6.54 Å². The van der Waals surface area contributed by atoms with Crippen LogP contribution in [0.1, 0.15) is 17.2 Å².